The molecule has 0 aromatic carbocycles. The zero-order valence-electron chi connectivity index (χ0n) is 18.6. The average molecular weight is 454 g/mol. The molecule has 10 nitrogen and oxygen atoms in total. The first-order valence-electron chi connectivity index (χ1n) is 9.33. The Balaban J connectivity index is 0. The minimum absolute atomic E-state index is 0. The molecule has 0 saturated heterocycles. The molecule has 0 fully saturated rings. The zero-order valence-corrected chi connectivity index (χ0v) is 19.5. The number of carbonyl (C=O) groups excluding carboxylic acids is 3. The molecule has 0 aliphatic heterocycles. The smallest absolute Gasteiger partial charge is 0.325 e. The molecule has 30 heavy (non-hydrogen) atoms. The SMILES string of the molecule is COC(=O)CNC(=O)[C@H](CC(C(=O)O)C(C)(C)C)NC(=O)[C@@H](N)C(O)C(C)(C)C.Cl. The lowest BCUT2D eigenvalue weighted by Gasteiger charge is -2.33. The summed E-state index contributed by atoms with van der Waals surface area (Å²) in [7, 11) is 1.15. The van der Waals surface area contributed by atoms with E-state index in [1.807, 2.05) is 0 Å². The number of aliphatic carboxylic acids is 1. The minimum Gasteiger partial charge on any atom is -0.481 e. The summed E-state index contributed by atoms with van der Waals surface area (Å²) in [6.45, 7) is 9.76. The number of carbonyl (C=O) groups is 4. The Bertz CT molecular complexity index is 614. The highest BCUT2D eigenvalue weighted by molar-refractivity contribution is 5.91. The fourth-order valence-corrected chi connectivity index (χ4v) is 2.60. The van der Waals surface area contributed by atoms with Gasteiger partial charge in [-0.05, 0) is 17.3 Å². The molecule has 11 heteroatoms. The van der Waals surface area contributed by atoms with E-state index in [0.717, 1.165) is 7.11 Å². The largest absolute Gasteiger partial charge is 0.481 e. The molecular formula is C19H36ClN3O7. The van der Waals surface area contributed by atoms with Gasteiger partial charge >= 0.3 is 11.9 Å². The Labute approximate surface area is 183 Å². The lowest BCUT2D eigenvalue weighted by molar-refractivity contribution is -0.147. The number of rotatable bonds is 9. The summed E-state index contributed by atoms with van der Waals surface area (Å²) >= 11 is 0. The zero-order chi connectivity index (χ0) is 23.2. The molecule has 0 aliphatic rings. The number of amides is 2. The van der Waals surface area contributed by atoms with Gasteiger partial charge in [0.15, 0.2) is 0 Å². The number of esters is 1. The van der Waals surface area contributed by atoms with Crippen LogP contribution in [0.2, 0.25) is 0 Å². The van der Waals surface area contributed by atoms with Gasteiger partial charge in [-0.3, -0.25) is 19.2 Å². The van der Waals surface area contributed by atoms with Crippen LogP contribution in [0.3, 0.4) is 0 Å². The van der Waals surface area contributed by atoms with Crippen LogP contribution in [-0.4, -0.2) is 65.8 Å². The van der Waals surface area contributed by atoms with Gasteiger partial charge in [0, 0.05) is 0 Å². The number of halogens is 1. The second-order valence-electron chi connectivity index (χ2n) is 9.18. The highest BCUT2D eigenvalue weighted by Gasteiger charge is 2.38. The number of nitrogens with two attached hydrogens (primary N) is 1. The van der Waals surface area contributed by atoms with Gasteiger partial charge in [-0.25, -0.2) is 0 Å². The maximum Gasteiger partial charge on any atom is 0.325 e. The lowest BCUT2D eigenvalue weighted by Crippen LogP contribution is -2.58. The van der Waals surface area contributed by atoms with Crippen molar-refractivity contribution in [3.8, 4) is 0 Å². The van der Waals surface area contributed by atoms with E-state index in [-0.39, 0.29) is 18.8 Å². The molecule has 176 valence electrons. The van der Waals surface area contributed by atoms with Gasteiger partial charge in [-0.15, -0.1) is 12.4 Å². The van der Waals surface area contributed by atoms with Gasteiger partial charge < -0.3 is 31.3 Å². The second-order valence-corrected chi connectivity index (χ2v) is 9.18. The van der Waals surface area contributed by atoms with Gasteiger partial charge in [0.2, 0.25) is 11.8 Å². The van der Waals surface area contributed by atoms with Crippen LogP contribution < -0.4 is 16.4 Å². The summed E-state index contributed by atoms with van der Waals surface area (Å²) in [5.41, 5.74) is 4.44. The van der Waals surface area contributed by atoms with E-state index in [9.17, 15) is 29.4 Å². The summed E-state index contributed by atoms with van der Waals surface area (Å²) in [6, 6.07) is -2.60. The molecule has 0 spiro atoms. The van der Waals surface area contributed by atoms with E-state index in [1.54, 1.807) is 41.5 Å². The van der Waals surface area contributed by atoms with Crippen molar-refractivity contribution in [2.45, 2.75) is 66.2 Å². The summed E-state index contributed by atoms with van der Waals surface area (Å²) in [6.07, 6.45) is -1.42. The van der Waals surface area contributed by atoms with Crippen molar-refractivity contribution >= 4 is 36.2 Å². The van der Waals surface area contributed by atoms with Crippen molar-refractivity contribution < 1.29 is 34.1 Å². The first kappa shape index (κ1) is 30.3. The maximum absolute atomic E-state index is 12.5. The van der Waals surface area contributed by atoms with Crippen LogP contribution in [0.5, 0.6) is 0 Å². The number of ether oxygens (including phenoxy) is 1. The highest BCUT2D eigenvalue weighted by Crippen LogP contribution is 2.30. The van der Waals surface area contributed by atoms with E-state index >= 15 is 0 Å². The number of hydrogen-bond donors (Lipinski definition) is 5. The molecule has 0 aliphatic carbocycles. The maximum atomic E-state index is 12.5. The number of aliphatic hydroxyl groups is 1. The molecule has 0 aromatic heterocycles. The lowest BCUT2D eigenvalue weighted by atomic mass is 9.77. The number of nitrogens with one attached hydrogen (secondary N) is 2. The molecule has 2 unspecified atom stereocenters. The van der Waals surface area contributed by atoms with Crippen LogP contribution in [-0.2, 0) is 23.9 Å². The molecular weight excluding hydrogens is 418 g/mol. The van der Waals surface area contributed by atoms with Crippen LogP contribution in [0.1, 0.15) is 48.0 Å². The van der Waals surface area contributed by atoms with Crippen LogP contribution >= 0.6 is 12.4 Å². The van der Waals surface area contributed by atoms with Crippen molar-refractivity contribution in [1.29, 1.82) is 0 Å². The van der Waals surface area contributed by atoms with Crippen LogP contribution in [0, 0.1) is 16.7 Å². The Morgan fingerprint density at radius 2 is 1.50 bits per heavy atom. The summed E-state index contributed by atoms with van der Waals surface area (Å²) in [4.78, 5) is 48.0. The number of hydrogen-bond acceptors (Lipinski definition) is 7. The average Bonchev–Trinajstić information content (AvgIpc) is 2.58. The Hall–Kier alpha value is -1.91. The first-order valence-corrected chi connectivity index (χ1v) is 9.33. The highest BCUT2D eigenvalue weighted by atomic mass is 35.5. The summed E-state index contributed by atoms with van der Waals surface area (Å²) in [5, 5.41) is 24.5. The third-order valence-electron chi connectivity index (χ3n) is 4.61. The van der Waals surface area contributed by atoms with Crippen molar-refractivity contribution in [3.63, 3.8) is 0 Å². The number of carboxylic acid groups (broad SMARTS) is 1. The van der Waals surface area contributed by atoms with Gasteiger partial charge in [0.1, 0.15) is 18.6 Å². The number of carboxylic acids is 1. The molecule has 0 radical (unpaired) electrons. The standard InChI is InChI=1S/C19H35N3O7.ClH/c1-18(2,3)10(17(27)28)8-11(15(25)21-9-12(23)29-7)22-16(26)13(20)14(24)19(4,5)6;/h10-11,13-14,24H,8-9,20H2,1-7H3,(H,21,25)(H,22,26)(H,27,28);1H/t10?,11-,13-,14?;/m0./s1. The van der Waals surface area contributed by atoms with E-state index < -0.39 is 65.2 Å². The van der Waals surface area contributed by atoms with Crippen LogP contribution in [0.4, 0.5) is 0 Å². The molecule has 0 bridgehead atoms. The molecule has 6 N–H and O–H groups in total. The normalized spacial score (nSPS) is 15.6. The molecule has 0 rings (SSSR count). The summed E-state index contributed by atoms with van der Waals surface area (Å²) < 4.78 is 4.45. The third-order valence-corrected chi connectivity index (χ3v) is 4.61. The van der Waals surface area contributed by atoms with Crippen LogP contribution in [0.15, 0.2) is 0 Å². The summed E-state index contributed by atoms with van der Waals surface area (Å²) in [5.74, 6) is -4.36. The van der Waals surface area contributed by atoms with Crippen molar-refractivity contribution in [2.75, 3.05) is 13.7 Å². The van der Waals surface area contributed by atoms with Crippen molar-refractivity contribution in [3.05, 3.63) is 0 Å². The molecule has 0 heterocycles. The van der Waals surface area contributed by atoms with E-state index in [4.69, 9.17) is 5.73 Å². The molecule has 0 saturated carbocycles. The number of methoxy groups -OCH3 is 1. The van der Waals surface area contributed by atoms with E-state index in [0.29, 0.717) is 0 Å². The minimum atomic E-state index is -1.33. The Morgan fingerprint density at radius 3 is 1.87 bits per heavy atom. The Morgan fingerprint density at radius 1 is 1.00 bits per heavy atom. The predicted molar refractivity (Wildman–Crippen MR) is 113 cm³/mol. The monoisotopic (exact) mass is 453 g/mol. The van der Waals surface area contributed by atoms with Gasteiger partial charge in [0.05, 0.1) is 19.1 Å². The van der Waals surface area contributed by atoms with Gasteiger partial charge in [-0.2, -0.15) is 0 Å². The van der Waals surface area contributed by atoms with Crippen molar-refractivity contribution in [2.24, 2.45) is 22.5 Å². The predicted octanol–water partition coefficient (Wildman–Crippen LogP) is 0.0535. The topological polar surface area (TPSA) is 168 Å². The van der Waals surface area contributed by atoms with Crippen LogP contribution in [0.25, 0.3) is 0 Å². The van der Waals surface area contributed by atoms with Gasteiger partial charge in [0.25, 0.3) is 0 Å². The molecule has 2 amide bonds. The first-order chi connectivity index (χ1) is 13.0. The van der Waals surface area contributed by atoms with Crippen molar-refractivity contribution in [1.82, 2.24) is 10.6 Å². The number of aliphatic hydroxyl groups excluding tert-OH is 1. The fourth-order valence-electron chi connectivity index (χ4n) is 2.60. The van der Waals surface area contributed by atoms with E-state index in [2.05, 4.69) is 15.4 Å². The molecule has 4 atom stereocenters. The quantitative estimate of drug-likeness (QED) is 0.305. The van der Waals surface area contributed by atoms with E-state index in [1.165, 1.54) is 0 Å². The molecule has 0 aromatic rings. The third kappa shape index (κ3) is 9.73. The second kappa shape index (κ2) is 12.1. The van der Waals surface area contributed by atoms with Gasteiger partial charge in [-0.1, -0.05) is 41.5 Å². The Kier molecular flexibility index (Phi) is 12.2. The fraction of sp³-hybridized carbons (Fsp3) is 0.789.